The molecule has 0 saturated heterocycles. The lowest BCUT2D eigenvalue weighted by Gasteiger charge is -2.03. The van der Waals surface area contributed by atoms with E-state index in [1.165, 1.54) is 6.20 Å². The second kappa shape index (κ2) is 5.42. The maximum atomic E-state index is 12.2. The number of aromatic amines is 1. The molecule has 0 aliphatic carbocycles. The number of nitrogens with one attached hydrogen (secondary N) is 2. The predicted molar refractivity (Wildman–Crippen MR) is 82.7 cm³/mol. The zero-order chi connectivity index (χ0) is 14.8. The van der Waals surface area contributed by atoms with Crippen molar-refractivity contribution in [2.45, 2.75) is 0 Å². The Morgan fingerprint density at radius 1 is 1.05 bits per heavy atom. The SMILES string of the molecule is O=C(Nc1ccccc1)C(=O)c1c[nH]c2cc(Cl)ccc12. The van der Waals surface area contributed by atoms with E-state index in [2.05, 4.69) is 10.3 Å². The van der Waals surface area contributed by atoms with Gasteiger partial charge in [-0.15, -0.1) is 0 Å². The van der Waals surface area contributed by atoms with E-state index in [4.69, 9.17) is 11.6 Å². The van der Waals surface area contributed by atoms with Gasteiger partial charge >= 0.3 is 0 Å². The molecule has 0 aliphatic rings. The summed E-state index contributed by atoms with van der Waals surface area (Å²) >= 11 is 5.89. The Hall–Kier alpha value is -2.59. The average molecular weight is 299 g/mol. The Labute approximate surface area is 125 Å². The normalized spacial score (nSPS) is 10.5. The van der Waals surface area contributed by atoms with Gasteiger partial charge in [-0.3, -0.25) is 9.59 Å². The average Bonchev–Trinajstić information content (AvgIpc) is 2.90. The lowest BCUT2D eigenvalue weighted by Crippen LogP contribution is -2.22. The van der Waals surface area contributed by atoms with Crippen LogP contribution in [0, 0.1) is 0 Å². The van der Waals surface area contributed by atoms with E-state index in [1.54, 1.807) is 42.5 Å². The van der Waals surface area contributed by atoms with Gasteiger partial charge in [-0.25, -0.2) is 0 Å². The van der Waals surface area contributed by atoms with Crippen molar-refractivity contribution in [2.24, 2.45) is 0 Å². The molecule has 4 nitrogen and oxygen atoms in total. The van der Waals surface area contributed by atoms with Gasteiger partial charge in [0, 0.05) is 27.8 Å². The fourth-order valence-corrected chi connectivity index (χ4v) is 2.29. The number of anilines is 1. The minimum Gasteiger partial charge on any atom is -0.360 e. The highest BCUT2D eigenvalue weighted by molar-refractivity contribution is 6.48. The molecule has 21 heavy (non-hydrogen) atoms. The standard InChI is InChI=1S/C16H11ClN2O2/c17-10-6-7-12-13(9-18-14(12)8-10)15(20)16(21)19-11-4-2-1-3-5-11/h1-9,18H,(H,19,21). The van der Waals surface area contributed by atoms with E-state index in [9.17, 15) is 9.59 Å². The van der Waals surface area contributed by atoms with Gasteiger partial charge in [0.2, 0.25) is 0 Å². The van der Waals surface area contributed by atoms with E-state index >= 15 is 0 Å². The first-order chi connectivity index (χ1) is 10.1. The summed E-state index contributed by atoms with van der Waals surface area (Å²) < 4.78 is 0. The molecule has 0 radical (unpaired) electrons. The highest BCUT2D eigenvalue weighted by Crippen LogP contribution is 2.22. The number of hydrogen-bond acceptors (Lipinski definition) is 2. The summed E-state index contributed by atoms with van der Waals surface area (Å²) in [7, 11) is 0. The van der Waals surface area contributed by atoms with Gasteiger partial charge in [0.05, 0.1) is 5.56 Å². The van der Waals surface area contributed by atoms with Crippen molar-refractivity contribution in [2.75, 3.05) is 5.32 Å². The Morgan fingerprint density at radius 2 is 1.81 bits per heavy atom. The second-order valence-electron chi connectivity index (χ2n) is 4.54. The number of halogens is 1. The van der Waals surface area contributed by atoms with Crippen LogP contribution in [0.5, 0.6) is 0 Å². The fraction of sp³-hybridized carbons (Fsp3) is 0. The van der Waals surface area contributed by atoms with Crippen LogP contribution in [0.4, 0.5) is 5.69 Å². The zero-order valence-electron chi connectivity index (χ0n) is 10.9. The highest BCUT2D eigenvalue weighted by Gasteiger charge is 2.20. The summed E-state index contributed by atoms with van der Waals surface area (Å²) in [5.41, 5.74) is 1.63. The molecule has 1 amide bonds. The number of H-pyrrole nitrogens is 1. The molecule has 3 aromatic rings. The topological polar surface area (TPSA) is 62.0 Å². The molecule has 0 fully saturated rings. The van der Waals surface area contributed by atoms with Gasteiger partial charge in [-0.1, -0.05) is 35.9 Å². The number of amides is 1. The zero-order valence-corrected chi connectivity index (χ0v) is 11.6. The highest BCUT2D eigenvalue weighted by atomic mass is 35.5. The van der Waals surface area contributed by atoms with E-state index in [-0.39, 0.29) is 0 Å². The van der Waals surface area contributed by atoms with Crippen LogP contribution < -0.4 is 5.32 Å². The third-order valence-electron chi connectivity index (χ3n) is 3.13. The Bertz CT molecular complexity index is 825. The Kier molecular flexibility index (Phi) is 3.46. The van der Waals surface area contributed by atoms with Crippen LogP contribution in [0.25, 0.3) is 10.9 Å². The summed E-state index contributed by atoms with van der Waals surface area (Å²) in [4.78, 5) is 27.2. The number of carbonyl (C=O) groups is 2. The summed E-state index contributed by atoms with van der Waals surface area (Å²) in [6.07, 6.45) is 1.52. The molecular formula is C16H11ClN2O2. The summed E-state index contributed by atoms with van der Waals surface area (Å²) in [5.74, 6) is -1.26. The van der Waals surface area contributed by atoms with Crippen LogP contribution in [0.1, 0.15) is 10.4 Å². The summed E-state index contributed by atoms with van der Waals surface area (Å²) in [6, 6.07) is 14.0. The van der Waals surface area contributed by atoms with Crippen LogP contribution in [-0.2, 0) is 4.79 Å². The lowest BCUT2D eigenvalue weighted by atomic mass is 10.1. The third kappa shape index (κ3) is 2.66. The summed E-state index contributed by atoms with van der Waals surface area (Å²) in [5, 5.41) is 3.82. The summed E-state index contributed by atoms with van der Waals surface area (Å²) in [6.45, 7) is 0. The van der Waals surface area contributed by atoms with Crippen LogP contribution in [0.2, 0.25) is 5.02 Å². The van der Waals surface area contributed by atoms with Crippen molar-refractivity contribution in [1.82, 2.24) is 4.98 Å². The molecule has 5 heteroatoms. The molecule has 2 aromatic carbocycles. The quantitative estimate of drug-likeness (QED) is 0.573. The van der Waals surface area contributed by atoms with Gasteiger partial charge in [0.15, 0.2) is 0 Å². The van der Waals surface area contributed by atoms with Gasteiger partial charge < -0.3 is 10.3 Å². The van der Waals surface area contributed by atoms with Crippen molar-refractivity contribution < 1.29 is 9.59 Å². The molecular weight excluding hydrogens is 288 g/mol. The molecule has 104 valence electrons. The number of aromatic nitrogens is 1. The number of ketones is 1. The molecule has 2 N–H and O–H groups in total. The minimum atomic E-state index is -0.669. The monoisotopic (exact) mass is 298 g/mol. The van der Waals surface area contributed by atoms with Crippen molar-refractivity contribution >= 4 is 39.9 Å². The van der Waals surface area contributed by atoms with Gasteiger partial charge in [-0.05, 0) is 24.3 Å². The number of rotatable bonds is 3. The number of carbonyl (C=O) groups excluding carboxylic acids is 2. The molecule has 0 spiro atoms. The molecule has 0 atom stereocenters. The smallest absolute Gasteiger partial charge is 0.296 e. The van der Waals surface area contributed by atoms with Crippen LogP contribution in [0.15, 0.2) is 54.7 Å². The fourth-order valence-electron chi connectivity index (χ4n) is 2.12. The van der Waals surface area contributed by atoms with E-state index in [0.29, 0.717) is 21.7 Å². The first kappa shape index (κ1) is 13.4. The van der Waals surface area contributed by atoms with Gasteiger partial charge in [0.1, 0.15) is 0 Å². The molecule has 0 aliphatic heterocycles. The lowest BCUT2D eigenvalue weighted by molar-refractivity contribution is -0.112. The first-order valence-electron chi connectivity index (χ1n) is 6.32. The van der Waals surface area contributed by atoms with Crippen LogP contribution in [0.3, 0.4) is 0 Å². The number of fused-ring (bicyclic) bond motifs is 1. The van der Waals surface area contributed by atoms with E-state index in [0.717, 1.165) is 5.52 Å². The second-order valence-corrected chi connectivity index (χ2v) is 4.98. The van der Waals surface area contributed by atoms with Crippen molar-refractivity contribution in [1.29, 1.82) is 0 Å². The van der Waals surface area contributed by atoms with Crippen LogP contribution >= 0.6 is 11.6 Å². The number of benzene rings is 2. The largest absolute Gasteiger partial charge is 0.360 e. The Morgan fingerprint density at radius 3 is 2.57 bits per heavy atom. The maximum absolute atomic E-state index is 12.2. The molecule has 0 unspecified atom stereocenters. The molecule has 1 heterocycles. The minimum absolute atomic E-state index is 0.329. The van der Waals surface area contributed by atoms with Gasteiger partial charge in [-0.2, -0.15) is 0 Å². The first-order valence-corrected chi connectivity index (χ1v) is 6.70. The van der Waals surface area contributed by atoms with Crippen molar-refractivity contribution in [3.63, 3.8) is 0 Å². The predicted octanol–water partition coefficient (Wildman–Crippen LogP) is 3.64. The molecule has 3 rings (SSSR count). The number of Topliss-reactive ketones (excluding diaryl/α,β-unsaturated/α-hetero) is 1. The van der Waals surface area contributed by atoms with E-state index < -0.39 is 11.7 Å². The van der Waals surface area contributed by atoms with Crippen molar-refractivity contribution in [3.05, 3.63) is 65.3 Å². The molecule has 1 aromatic heterocycles. The molecule has 0 saturated carbocycles. The number of hydrogen-bond donors (Lipinski definition) is 2. The van der Waals surface area contributed by atoms with Gasteiger partial charge in [0.25, 0.3) is 11.7 Å². The maximum Gasteiger partial charge on any atom is 0.296 e. The molecule has 0 bridgehead atoms. The van der Waals surface area contributed by atoms with E-state index in [1.807, 2.05) is 6.07 Å². The Balaban J connectivity index is 1.88. The third-order valence-corrected chi connectivity index (χ3v) is 3.36. The number of para-hydroxylation sites is 1. The van der Waals surface area contributed by atoms with Crippen molar-refractivity contribution in [3.8, 4) is 0 Å². The van der Waals surface area contributed by atoms with Crippen LogP contribution in [-0.4, -0.2) is 16.7 Å².